The second kappa shape index (κ2) is 15.8. The minimum absolute atomic E-state index is 0.0334. The number of rotatable bonds is 7. The summed E-state index contributed by atoms with van der Waals surface area (Å²) in [5.74, 6) is 0.622. The predicted molar refractivity (Wildman–Crippen MR) is 163 cm³/mol. The number of nitrogens with zero attached hydrogens (tertiary/aromatic N) is 3. The summed E-state index contributed by atoms with van der Waals surface area (Å²) in [6.45, 7) is 11.5. The Morgan fingerprint density at radius 3 is 2.52 bits per heavy atom. The van der Waals surface area contributed by atoms with E-state index in [4.69, 9.17) is 14.9 Å². The van der Waals surface area contributed by atoms with Crippen molar-refractivity contribution >= 4 is 11.3 Å². The number of ether oxygens (including phenoxy) is 1. The number of hydrogen-bond acceptors (Lipinski definition) is 8. The van der Waals surface area contributed by atoms with Gasteiger partial charge in [-0.3, -0.25) is 0 Å². The molecule has 1 fully saturated rings. The lowest BCUT2D eigenvalue weighted by atomic mass is 10.0. The van der Waals surface area contributed by atoms with E-state index in [1.165, 1.54) is 67.4 Å². The first kappa shape index (κ1) is 31.7. The number of aliphatic hydroxyl groups is 2. The zero-order valence-electron chi connectivity index (χ0n) is 24.5. The van der Waals surface area contributed by atoms with Gasteiger partial charge in [-0.2, -0.15) is 5.26 Å². The smallest absolute Gasteiger partial charge is 0.148 e. The highest BCUT2D eigenvalue weighted by atomic mass is 32.1. The van der Waals surface area contributed by atoms with Gasteiger partial charge in [-0.25, -0.2) is 4.98 Å². The highest BCUT2D eigenvalue weighted by Crippen LogP contribution is 2.41. The van der Waals surface area contributed by atoms with Crippen molar-refractivity contribution in [2.24, 2.45) is 0 Å². The third-order valence-corrected chi connectivity index (χ3v) is 7.92. The lowest BCUT2D eigenvalue weighted by Gasteiger charge is -2.11. The molecule has 8 heteroatoms. The number of nitriles is 1. The minimum atomic E-state index is -1.17. The van der Waals surface area contributed by atoms with Gasteiger partial charge in [0.2, 0.25) is 0 Å². The summed E-state index contributed by atoms with van der Waals surface area (Å²) in [5, 5.41) is 29.0. The van der Waals surface area contributed by atoms with E-state index in [1.807, 2.05) is 45.3 Å². The van der Waals surface area contributed by atoms with Crippen molar-refractivity contribution in [2.45, 2.75) is 78.2 Å². The van der Waals surface area contributed by atoms with E-state index in [1.54, 1.807) is 11.3 Å². The first-order chi connectivity index (χ1) is 19.3. The molecule has 0 radical (unpaired) electrons. The number of nitrogens with one attached hydrogen (secondary N) is 1. The SMILES string of the molecule is CC(O)O.CCCN1CCCC1.CNC1CCc2c(-c3cnc(-c4ccc(OC(C)C)c(C#N)c4)s3)cccc21. The Hall–Kier alpha value is -2.80. The van der Waals surface area contributed by atoms with E-state index in [9.17, 15) is 5.26 Å². The van der Waals surface area contributed by atoms with Crippen LogP contribution in [0.4, 0.5) is 0 Å². The lowest BCUT2D eigenvalue weighted by molar-refractivity contribution is -0.0228. The normalized spacial score (nSPS) is 16.1. The summed E-state index contributed by atoms with van der Waals surface area (Å²) in [4.78, 5) is 8.36. The van der Waals surface area contributed by atoms with Crippen LogP contribution >= 0.6 is 11.3 Å². The van der Waals surface area contributed by atoms with Gasteiger partial charge in [0, 0.05) is 17.8 Å². The van der Waals surface area contributed by atoms with Crippen LogP contribution in [0.5, 0.6) is 5.75 Å². The number of hydrogen-bond donors (Lipinski definition) is 3. The molecule has 1 unspecified atom stereocenters. The van der Waals surface area contributed by atoms with Crippen molar-refractivity contribution in [2.75, 3.05) is 26.7 Å². The Morgan fingerprint density at radius 2 is 1.90 bits per heavy atom. The van der Waals surface area contributed by atoms with Crippen LogP contribution in [-0.2, 0) is 6.42 Å². The molecule has 3 aromatic rings. The van der Waals surface area contributed by atoms with Gasteiger partial charge in [-0.15, -0.1) is 11.3 Å². The molecule has 1 aliphatic carbocycles. The molecule has 0 amide bonds. The maximum atomic E-state index is 9.49. The number of aliphatic hydroxyl groups excluding tert-OH is 1. The van der Waals surface area contributed by atoms with Gasteiger partial charge >= 0.3 is 0 Å². The van der Waals surface area contributed by atoms with E-state index < -0.39 is 6.29 Å². The Balaban J connectivity index is 0.000000306. The van der Waals surface area contributed by atoms with Crippen LogP contribution in [0.3, 0.4) is 0 Å². The van der Waals surface area contributed by atoms with Crippen LogP contribution in [0.25, 0.3) is 21.0 Å². The van der Waals surface area contributed by atoms with Gasteiger partial charge in [0.1, 0.15) is 23.1 Å². The quantitative estimate of drug-likeness (QED) is 0.296. The van der Waals surface area contributed by atoms with Crippen molar-refractivity contribution in [1.29, 1.82) is 5.26 Å². The van der Waals surface area contributed by atoms with Gasteiger partial charge < -0.3 is 25.2 Å². The Kier molecular flexibility index (Phi) is 12.6. The molecule has 0 saturated carbocycles. The number of fused-ring (bicyclic) bond motifs is 1. The summed E-state index contributed by atoms with van der Waals surface area (Å²) < 4.78 is 5.73. The second-order valence-electron chi connectivity index (χ2n) is 10.5. The molecule has 216 valence electrons. The van der Waals surface area contributed by atoms with E-state index in [0.717, 1.165) is 23.4 Å². The van der Waals surface area contributed by atoms with E-state index >= 15 is 0 Å². The van der Waals surface area contributed by atoms with Gasteiger partial charge in [0.05, 0.1) is 16.5 Å². The first-order valence-electron chi connectivity index (χ1n) is 14.3. The van der Waals surface area contributed by atoms with Gasteiger partial charge in [0.25, 0.3) is 0 Å². The monoisotopic (exact) mass is 564 g/mol. The summed E-state index contributed by atoms with van der Waals surface area (Å²) in [7, 11) is 2.02. The van der Waals surface area contributed by atoms with Crippen LogP contribution in [0.2, 0.25) is 0 Å². The van der Waals surface area contributed by atoms with Crippen LogP contribution in [-0.4, -0.2) is 59.2 Å². The average molecular weight is 565 g/mol. The van der Waals surface area contributed by atoms with Crippen molar-refractivity contribution in [3.63, 3.8) is 0 Å². The molecule has 1 atom stereocenters. The summed E-state index contributed by atoms with van der Waals surface area (Å²) in [6, 6.07) is 14.9. The molecule has 7 nitrogen and oxygen atoms in total. The molecule has 2 aromatic carbocycles. The van der Waals surface area contributed by atoms with Crippen molar-refractivity contribution in [3.8, 4) is 32.8 Å². The Bertz CT molecular complexity index is 1240. The molecule has 3 N–H and O–H groups in total. The molecular formula is C32H44N4O3S. The molecule has 0 spiro atoms. The molecule has 1 aliphatic heterocycles. The predicted octanol–water partition coefficient (Wildman–Crippen LogP) is 6.15. The largest absolute Gasteiger partial charge is 0.490 e. The molecule has 2 aliphatic rings. The van der Waals surface area contributed by atoms with Crippen molar-refractivity contribution in [1.82, 2.24) is 15.2 Å². The summed E-state index contributed by atoms with van der Waals surface area (Å²) in [6.07, 6.45) is 7.22. The fourth-order valence-corrected chi connectivity index (χ4v) is 6.11. The molecule has 5 rings (SSSR count). The highest BCUT2D eigenvalue weighted by molar-refractivity contribution is 7.18. The standard InChI is InChI=1S/C23H23N3OS.C7H15N.C2H6O2/c1-14(2)27-21-10-7-15(11-16(21)12-24)23-26-13-22(28-23)19-6-4-5-18-17(19)8-9-20(18)25-3;1-2-5-8-6-3-4-7-8;1-2(3)4/h4-7,10-11,13-14,20,25H,8-9H2,1-3H3;2-7H2,1H3;2-4H,1H3. The van der Waals surface area contributed by atoms with Gasteiger partial charge in [-0.1, -0.05) is 25.1 Å². The number of likely N-dealkylation sites (tertiary alicyclic amines) is 1. The van der Waals surface area contributed by atoms with E-state index in [-0.39, 0.29) is 6.10 Å². The van der Waals surface area contributed by atoms with Crippen LogP contribution in [0, 0.1) is 11.3 Å². The second-order valence-corrected chi connectivity index (χ2v) is 11.5. The topological polar surface area (TPSA) is 102 Å². The van der Waals surface area contributed by atoms with Crippen LogP contribution in [0.1, 0.15) is 76.1 Å². The molecule has 0 bridgehead atoms. The van der Waals surface area contributed by atoms with E-state index in [2.05, 4.69) is 46.4 Å². The Labute approximate surface area is 243 Å². The average Bonchev–Trinajstić information content (AvgIpc) is 3.70. The number of benzene rings is 2. The minimum Gasteiger partial charge on any atom is -0.490 e. The molecule has 40 heavy (non-hydrogen) atoms. The number of thiazole rings is 1. The molecule has 1 saturated heterocycles. The van der Waals surface area contributed by atoms with Crippen molar-refractivity contribution < 1.29 is 14.9 Å². The summed E-state index contributed by atoms with van der Waals surface area (Å²) >= 11 is 1.67. The zero-order chi connectivity index (χ0) is 29.1. The third kappa shape index (κ3) is 8.85. The highest BCUT2D eigenvalue weighted by Gasteiger charge is 2.24. The maximum absolute atomic E-state index is 9.49. The van der Waals surface area contributed by atoms with Gasteiger partial charge in [-0.05, 0) is 114 Å². The molecular weight excluding hydrogens is 520 g/mol. The fourth-order valence-electron chi connectivity index (χ4n) is 5.15. The lowest BCUT2D eigenvalue weighted by Crippen LogP contribution is -2.19. The van der Waals surface area contributed by atoms with Gasteiger partial charge in [0.15, 0.2) is 0 Å². The third-order valence-electron chi connectivity index (χ3n) is 6.84. The Morgan fingerprint density at radius 1 is 1.18 bits per heavy atom. The van der Waals surface area contributed by atoms with E-state index in [0.29, 0.717) is 17.4 Å². The maximum Gasteiger partial charge on any atom is 0.148 e. The fraction of sp³-hybridized carbons (Fsp3) is 0.500. The molecule has 1 aromatic heterocycles. The molecule has 2 heterocycles. The number of aromatic nitrogens is 1. The van der Waals surface area contributed by atoms with Crippen molar-refractivity contribution in [3.05, 3.63) is 59.3 Å². The van der Waals surface area contributed by atoms with Crippen LogP contribution < -0.4 is 10.1 Å². The zero-order valence-corrected chi connectivity index (χ0v) is 25.3. The summed E-state index contributed by atoms with van der Waals surface area (Å²) in [5.41, 5.74) is 5.59. The first-order valence-corrected chi connectivity index (χ1v) is 15.1. The van der Waals surface area contributed by atoms with Crippen LogP contribution in [0.15, 0.2) is 42.6 Å².